The van der Waals surface area contributed by atoms with Crippen molar-refractivity contribution in [1.29, 1.82) is 0 Å². The molecule has 1 aliphatic heterocycles. The summed E-state index contributed by atoms with van der Waals surface area (Å²) in [5.74, 6) is 0. The number of benzene rings is 1. The summed E-state index contributed by atoms with van der Waals surface area (Å²) in [7, 11) is -4.12. The monoisotopic (exact) mass is 333 g/mol. The fourth-order valence-corrected chi connectivity index (χ4v) is 4.64. The molecule has 118 valence electrons. The lowest BCUT2D eigenvalue weighted by atomic mass is 10.4. The van der Waals surface area contributed by atoms with Crippen LogP contribution < -0.4 is 0 Å². The largest absolute Gasteiger partial charge is 0.281 e. The molecular formula is C12H19N3O4S2. The zero-order valence-corrected chi connectivity index (χ0v) is 13.6. The maximum absolute atomic E-state index is 12.4. The fraction of sp³-hybridized carbons (Fsp3) is 0.500. The molecule has 0 atom stereocenters. The van der Waals surface area contributed by atoms with E-state index in [-0.39, 0.29) is 31.1 Å². The second kappa shape index (κ2) is 6.01. The Morgan fingerprint density at radius 1 is 0.857 bits per heavy atom. The molecule has 0 amide bonds. The highest BCUT2D eigenvalue weighted by atomic mass is 32.2. The molecule has 0 saturated carbocycles. The Kier molecular flexibility index (Phi) is 4.69. The van der Waals surface area contributed by atoms with Crippen molar-refractivity contribution in [2.24, 2.45) is 0 Å². The van der Waals surface area contributed by atoms with Gasteiger partial charge in [-0.2, -0.15) is 21.3 Å². The minimum absolute atomic E-state index is 0.157. The molecule has 1 aliphatic rings. The van der Waals surface area contributed by atoms with Gasteiger partial charge in [0.25, 0.3) is 10.2 Å². The number of rotatable bonds is 4. The highest BCUT2D eigenvalue weighted by molar-refractivity contribution is 7.89. The van der Waals surface area contributed by atoms with Gasteiger partial charge in [-0.15, -0.1) is 0 Å². The number of hydrogen-bond acceptors (Lipinski definition) is 4. The van der Waals surface area contributed by atoms with Crippen molar-refractivity contribution in [3.05, 3.63) is 30.3 Å². The van der Waals surface area contributed by atoms with E-state index in [1.807, 2.05) is 0 Å². The van der Waals surface area contributed by atoms with Gasteiger partial charge in [-0.1, -0.05) is 18.2 Å². The molecule has 1 fully saturated rings. The maximum Gasteiger partial charge on any atom is 0.281 e. The molecule has 0 unspecified atom stereocenters. The normalized spacial score (nSPS) is 19.0. The average Bonchev–Trinajstić information content (AvgIpc) is 2.48. The predicted molar refractivity (Wildman–Crippen MR) is 79.4 cm³/mol. The fourth-order valence-electron chi connectivity index (χ4n) is 2.11. The van der Waals surface area contributed by atoms with Crippen LogP contribution in [0.2, 0.25) is 0 Å². The third-order valence-corrected chi connectivity index (χ3v) is 7.22. The van der Waals surface area contributed by atoms with Gasteiger partial charge in [0.2, 0.25) is 10.0 Å². The quantitative estimate of drug-likeness (QED) is 0.764. The SMILES string of the molecule is CN(C)S(=O)(=O)N1CCN(S(=O)(=O)c2ccccc2)CC1. The topological polar surface area (TPSA) is 78.0 Å². The molecule has 1 heterocycles. The Morgan fingerprint density at radius 2 is 1.33 bits per heavy atom. The second-order valence-corrected chi connectivity index (χ2v) is 8.99. The van der Waals surface area contributed by atoms with Gasteiger partial charge in [-0.05, 0) is 12.1 Å². The van der Waals surface area contributed by atoms with E-state index in [0.29, 0.717) is 0 Å². The predicted octanol–water partition coefficient (Wildman–Crippen LogP) is -0.201. The van der Waals surface area contributed by atoms with Gasteiger partial charge in [-0.25, -0.2) is 8.42 Å². The lowest BCUT2D eigenvalue weighted by molar-refractivity contribution is 0.262. The van der Waals surface area contributed by atoms with Gasteiger partial charge >= 0.3 is 0 Å². The van der Waals surface area contributed by atoms with E-state index in [2.05, 4.69) is 0 Å². The maximum atomic E-state index is 12.4. The smallest absolute Gasteiger partial charge is 0.207 e. The van der Waals surface area contributed by atoms with Crippen molar-refractivity contribution in [1.82, 2.24) is 12.9 Å². The molecule has 0 N–H and O–H groups in total. The van der Waals surface area contributed by atoms with Crippen LogP contribution in [0.3, 0.4) is 0 Å². The summed E-state index contributed by atoms with van der Waals surface area (Å²) in [6.07, 6.45) is 0. The molecule has 1 aromatic rings. The minimum atomic E-state index is -3.55. The Labute approximate surface area is 126 Å². The lowest BCUT2D eigenvalue weighted by Crippen LogP contribution is -2.52. The molecule has 0 aromatic heterocycles. The summed E-state index contributed by atoms with van der Waals surface area (Å²) >= 11 is 0. The van der Waals surface area contributed by atoms with Crippen LogP contribution in [-0.4, -0.2) is 70.0 Å². The van der Waals surface area contributed by atoms with Gasteiger partial charge < -0.3 is 0 Å². The standard InChI is InChI=1S/C12H19N3O4S2/c1-13(2)21(18,19)15-10-8-14(9-11-15)20(16,17)12-6-4-3-5-7-12/h3-7H,8-11H2,1-2H3. The summed E-state index contributed by atoms with van der Waals surface area (Å²) in [6.45, 7) is 0.633. The Hall–Kier alpha value is -1.00. The van der Waals surface area contributed by atoms with E-state index in [9.17, 15) is 16.8 Å². The van der Waals surface area contributed by atoms with Gasteiger partial charge in [0.1, 0.15) is 0 Å². The first-order valence-electron chi connectivity index (χ1n) is 6.49. The van der Waals surface area contributed by atoms with E-state index < -0.39 is 20.2 Å². The zero-order chi connectivity index (χ0) is 15.7. The van der Waals surface area contributed by atoms with Crippen molar-refractivity contribution in [3.63, 3.8) is 0 Å². The van der Waals surface area contributed by atoms with E-state index >= 15 is 0 Å². The summed E-state index contributed by atoms with van der Waals surface area (Å²) in [6, 6.07) is 8.16. The average molecular weight is 333 g/mol. The van der Waals surface area contributed by atoms with Crippen LogP contribution in [0.1, 0.15) is 0 Å². The van der Waals surface area contributed by atoms with Crippen LogP contribution in [0.5, 0.6) is 0 Å². The second-order valence-electron chi connectivity index (χ2n) is 4.91. The molecule has 9 heteroatoms. The van der Waals surface area contributed by atoms with E-state index in [0.717, 1.165) is 4.31 Å². The molecule has 0 spiro atoms. The molecule has 1 aromatic carbocycles. The third-order valence-electron chi connectivity index (χ3n) is 3.37. The number of piperazine rings is 1. The zero-order valence-electron chi connectivity index (χ0n) is 12.0. The van der Waals surface area contributed by atoms with Crippen LogP contribution in [0, 0.1) is 0 Å². The van der Waals surface area contributed by atoms with Crippen LogP contribution in [0.25, 0.3) is 0 Å². The van der Waals surface area contributed by atoms with Crippen molar-refractivity contribution in [3.8, 4) is 0 Å². The molecule has 2 rings (SSSR count). The first-order valence-corrected chi connectivity index (χ1v) is 9.33. The molecule has 1 saturated heterocycles. The Balaban J connectivity index is 2.12. The summed E-state index contributed by atoms with van der Waals surface area (Å²) in [4.78, 5) is 0.230. The van der Waals surface area contributed by atoms with Crippen molar-refractivity contribution in [2.75, 3.05) is 40.3 Å². The Bertz CT molecular complexity index is 678. The molecule has 7 nitrogen and oxygen atoms in total. The van der Waals surface area contributed by atoms with Gasteiger partial charge in [0.05, 0.1) is 4.90 Å². The van der Waals surface area contributed by atoms with Gasteiger partial charge in [0, 0.05) is 40.3 Å². The summed E-state index contributed by atoms with van der Waals surface area (Å²) < 4.78 is 52.6. The van der Waals surface area contributed by atoms with Crippen molar-refractivity contribution >= 4 is 20.2 Å². The highest BCUT2D eigenvalue weighted by Gasteiger charge is 2.33. The van der Waals surface area contributed by atoms with E-state index in [1.165, 1.54) is 34.8 Å². The number of nitrogens with zero attached hydrogens (tertiary/aromatic N) is 3. The first kappa shape index (κ1) is 16.4. The highest BCUT2D eigenvalue weighted by Crippen LogP contribution is 2.18. The Morgan fingerprint density at radius 3 is 1.81 bits per heavy atom. The molecule has 0 aliphatic carbocycles. The lowest BCUT2D eigenvalue weighted by Gasteiger charge is -2.34. The molecule has 21 heavy (non-hydrogen) atoms. The third kappa shape index (κ3) is 3.27. The van der Waals surface area contributed by atoms with Crippen LogP contribution in [0.4, 0.5) is 0 Å². The van der Waals surface area contributed by atoms with Crippen molar-refractivity contribution in [2.45, 2.75) is 4.90 Å². The van der Waals surface area contributed by atoms with Crippen LogP contribution in [0.15, 0.2) is 35.2 Å². The molecule has 0 bridgehead atoms. The van der Waals surface area contributed by atoms with Crippen molar-refractivity contribution < 1.29 is 16.8 Å². The molecular weight excluding hydrogens is 314 g/mol. The summed E-state index contributed by atoms with van der Waals surface area (Å²) in [5.41, 5.74) is 0. The first-order chi connectivity index (χ1) is 9.76. The minimum Gasteiger partial charge on any atom is -0.207 e. The van der Waals surface area contributed by atoms with Gasteiger partial charge in [-0.3, -0.25) is 0 Å². The number of sulfonamides is 1. The summed E-state index contributed by atoms with van der Waals surface area (Å²) in [5, 5.41) is 0. The van der Waals surface area contributed by atoms with E-state index in [1.54, 1.807) is 18.2 Å². The van der Waals surface area contributed by atoms with E-state index in [4.69, 9.17) is 0 Å². The van der Waals surface area contributed by atoms with Crippen LogP contribution in [-0.2, 0) is 20.2 Å². The van der Waals surface area contributed by atoms with Gasteiger partial charge in [0.15, 0.2) is 0 Å². The molecule has 0 radical (unpaired) electrons. The number of hydrogen-bond donors (Lipinski definition) is 0. The van der Waals surface area contributed by atoms with Crippen LogP contribution >= 0.6 is 0 Å².